The predicted octanol–water partition coefficient (Wildman–Crippen LogP) is 4.72. The van der Waals surface area contributed by atoms with E-state index in [1.807, 2.05) is 43.3 Å². The number of hydrogen-bond acceptors (Lipinski definition) is 2. The Hall–Kier alpha value is -2.09. The molecule has 0 bridgehead atoms. The van der Waals surface area contributed by atoms with Crippen LogP contribution in [0.25, 0.3) is 0 Å². The van der Waals surface area contributed by atoms with Gasteiger partial charge in [0.15, 0.2) is 6.29 Å². The van der Waals surface area contributed by atoms with E-state index in [1.165, 1.54) is 5.56 Å². The molecule has 0 atom stereocenters. The van der Waals surface area contributed by atoms with E-state index >= 15 is 0 Å². The minimum atomic E-state index is 0.451. The van der Waals surface area contributed by atoms with Gasteiger partial charge in [0, 0.05) is 0 Å². The SMILES string of the molecule is Cc1ccc(Oc2cccc(C(C)C)c2)c(C=O)c1. The molecule has 2 aromatic carbocycles. The van der Waals surface area contributed by atoms with E-state index in [4.69, 9.17) is 4.74 Å². The lowest BCUT2D eigenvalue weighted by Crippen LogP contribution is -1.93. The van der Waals surface area contributed by atoms with Crippen molar-refractivity contribution in [2.75, 3.05) is 0 Å². The molecular formula is C17H18O2. The lowest BCUT2D eigenvalue weighted by atomic mass is 10.0. The molecule has 0 aromatic heterocycles. The fraction of sp³-hybridized carbons (Fsp3) is 0.235. The second-order valence-corrected chi connectivity index (χ2v) is 4.99. The first-order chi connectivity index (χ1) is 9.10. The zero-order valence-electron chi connectivity index (χ0n) is 11.5. The minimum Gasteiger partial charge on any atom is -0.457 e. The maximum absolute atomic E-state index is 11.1. The van der Waals surface area contributed by atoms with Crippen molar-refractivity contribution in [2.24, 2.45) is 0 Å². The quantitative estimate of drug-likeness (QED) is 0.738. The first-order valence-corrected chi connectivity index (χ1v) is 6.44. The van der Waals surface area contributed by atoms with Crippen LogP contribution in [0.3, 0.4) is 0 Å². The summed E-state index contributed by atoms with van der Waals surface area (Å²) >= 11 is 0. The summed E-state index contributed by atoms with van der Waals surface area (Å²) in [5.74, 6) is 1.81. The van der Waals surface area contributed by atoms with Gasteiger partial charge in [0.1, 0.15) is 11.5 Å². The van der Waals surface area contributed by atoms with Gasteiger partial charge in [-0.3, -0.25) is 4.79 Å². The van der Waals surface area contributed by atoms with Crippen LogP contribution in [0, 0.1) is 6.92 Å². The summed E-state index contributed by atoms with van der Waals surface area (Å²) < 4.78 is 5.81. The number of rotatable bonds is 4. The van der Waals surface area contributed by atoms with Crippen molar-refractivity contribution >= 4 is 6.29 Å². The number of carbonyl (C=O) groups excluding carboxylic acids is 1. The highest BCUT2D eigenvalue weighted by Gasteiger charge is 2.06. The molecule has 2 nitrogen and oxygen atoms in total. The number of aryl methyl sites for hydroxylation is 1. The van der Waals surface area contributed by atoms with E-state index in [-0.39, 0.29) is 0 Å². The predicted molar refractivity (Wildman–Crippen MR) is 77.2 cm³/mol. The highest BCUT2D eigenvalue weighted by Crippen LogP contribution is 2.27. The van der Waals surface area contributed by atoms with Crippen LogP contribution in [-0.4, -0.2) is 6.29 Å². The molecule has 2 aromatic rings. The van der Waals surface area contributed by atoms with Gasteiger partial charge in [-0.15, -0.1) is 0 Å². The Morgan fingerprint density at radius 2 is 1.89 bits per heavy atom. The summed E-state index contributed by atoms with van der Waals surface area (Å²) in [5, 5.41) is 0. The van der Waals surface area contributed by atoms with E-state index in [2.05, 4.69) is 19.9 Å². The van der Waals surface area contributed by atoms with Gasteiger partial charge in [0.2, 0.25) is 0 Å². The third kappa shape index (κ3) is 3.22. The van der Waals surface area contributed by atoms with Crippen molar-refractivity contribution < 1.29 is 9.53 Å². The summed E-state index contributed by atoms with van der Waals surface area (Å²) in [6.07, 6.45) is 0.828. The topological polar surface area (TPSA) is 26.3 Å². The van der Waals surface area contributed by atoms with Crippen LogP contribution in [-0.2, 0) is 0 Å². The molecule has 0 aliphatic heterocycles. The molecule has 0 heterocycles. The van der Waals surface area contributed by atoms with Crippen molar-refractivity contribution in [3.8, 4) is 11.5 Å². The summed E-state index contributed by atoms with van der Waals surface area (Å²) in [6.45, 7) is 6.24. The number of benzene rings is 2. The summed E-state index contributed by atoms with van der Waals surface area (Å²) in [6, 6.07) is 13.6. The molecule has 0 fully saturated rings. The number of carbonyl (C=O) groups is 1. The average molecular weight is 254 g/mol. The average Bonchev–Trinajstić information content (AvgIpc) is 2.41. The number of ether oxygens (including phenoxy) is 1. The number of hydrogen-bond donors (Lipinski definition) is 0. The lowest BCUT2D eigenvalue weighted by molar-refractivity contribution is 0.112. The monoisotopic (exact) mass is 254 g/mol. The number of aldehydes is 1. The van der Waals surface area contributed by atoms with Gasteiger partial charge < -0.3 is 4.74 Å². The normalized spacial score (nSPS) is 10.5. The van der Waals surface area contributed by atoms with Crippen LogP contribution in [0.2, 0.25) is 0 Å². The van der Waals surface area contributed by atoms with Gasteiger partial charge in [-0.25, -0.2) is 0 Å². The van der Waals surface area contributed by atoms with Crippen molar-refractivity contribution in [3.05, 3.63) is 59.2 Å². The van der Waals surface area contributed by atoms with Gasteiger partial charge >= 0.3 is 0 Å². The Bertz CT molecular complexity index is 586. The van der Waals surface area contributed by atoms with E-state index in [0.29, 0.717) is 17.2 Å². The van der Waals surface area contributed by atoms with Crippen LogP contribution in [0.5, 0.6) is 11.5 Å². The zero-order valence-corrected chi connectivity index (χ0v) is 11.5. The molecule has 0 N–H and O–H groups in total. The van der Waals surface area contributed by atoms with Crippen LogP contribution < -0.4 is 4.74 Å². The van der Waals surface area contributed by atoms with E-state index in [9.17, 15) is 4.79 Å². The minimum absolute atomic E-state index is 0.451. The zero-order chi connectivity index (χ0) is 13.8. The molecule has 0 radical (unpaired) electrons. The van der Waals surface area contributed by atoms with Crippen molar-refractivity contribution in [1.29, 1.82) is 0 Å². The Labute approximate surface area is 114 Å². The molecule has 98 valence electrons. The molecular weight excluding hydrogens is 236 g/mol. The molecule has 0 saturated heterocycles. The second kappa shape index (κ2) is 5.70. The molecule has 0 amide bonds. The van der Waals surface area contributed by atoms with Gasteiger partial charge in [0.05, 0.1) is 5.56 Å². The molecule has 19 heavy (non-hydrogen) atoms. The first-order valence-electron chi connectivity index (χ1n) is 6.44. The van der Waals surface area contributed by atoms with Crippen molar-refractivity contribution in [3.63, 3.8) is 0 Å². The Morgan fingerprint density at radius 1 is 1.11 bits per heavy atom. The third-order valence-corrected chi connectivity index (χ3v) is 3.04. The highest BCUT2D eigenvalue weighted by atomic mass is 16.5. The van der Waals surface area contributed by atoms with Crippen molar-refractivity contribution in [1.82, 2.24) is 0 Å². The fourth-order valence-electron chi connectivity index (χ4n) is 1.92. The summed E-state index contributed by atoms with van der Waals surface area (Å²) in [4.78, 5) is 11.1. The lowest BCUT2D eigenvalue weighted by Gasteiger charge is -2.11. The first kappa shape index (κ1) is 13.3. The van der Waals surface area contributed by atoms with Gasteiger partial charge in [-0.1, -0.05) is 37.6 Å². The molecule has 0 unspecified atom stereocenters. The highest BCUT2D eigenvalue weighted by molar-refractivity contribution is 5.79. The molecule has 2 rings (SSSR count). The fourth-order valence-corrected chi connectivity index (χ4v) is 1.92. The largest absolute Gasteiger partial charge is 0.457 e. The summed E-state index contributed by atoms with van der Waals surface area (Å²) in [7, 11) is 0. The Balaban J connectivity index is 2.30. The van der Waals surface area contributed by atoms with Crippen LogP contribution in [0.15, 0.2) is 42.5 Å². The molecule has 2 heteroatoms. The van der Waals surface area contributed by atoms with E-state index in [0.717, 1.165) is 17.6 Å². The molecule has 0 spiro atoms. The smallest absolute Gasteiger partial charge is 0.153 e. The van der Waals surface area contributed by atoms with E-state index < -0.39 is 0 Å². The molecule has 0 aliphatic rings. The third-order valence-electron chi connectivity index (χ3n) is 3.04. The Kier molecular flexibility index (Phi) is 4.00. The standard InChI is InChI=1S/C17H18O2/c1-12(2)14-5-4-6-16(10-14)19-17-8-7-13(3)9-15(17)11-18/h4-12H,1-3H3. The maximum atomic E-state index is 11.1. The van der Waals surface area contributed by atoms with Crippen LogP contribution in [0.4, 0.5) is 0 Å². The second-order valence-electron chi connectivity index (χ2n) is 4.99. The molecule has 0 aliphatic carbocycles. The van der Waals surface area contributed by atoms with Crippen LogP contribution >= 0.6 is 0 Å². The summed E-state index contributed by atoms with van der Waals surface area (Å²) in [5.41, 5.74) is 2.84. The van der Waals surface area contributed by atoms with E-state index in [1.54, 1.807) is 0 Å². The van der Waals surface area contributed by atoms with Crippen molar-refractivity contribution in [2.45, 2.75) is 26.7 Å². The maximum Gasteiger partial charge on any atom is 0.153 e. The van der Waals surface area contributed by atoms with Gasteiger partial charge in [-0.2, -0.15) is 0 Å². The Morgan fingerprint density at radius 3 is 2.58 bits per heavy atom. The molecule has 0 saturated carbocycles. The van der Waals surface area contributed by atoms with Gasteiger partial charge in [-0.05, 0) is 42.7 Å². The van der Waals surface area contributed by atoms with Crippen LogP contribution in [0.1, 0.15) is 41.3 Å². The van der Waals surface area contributed by atoms with Gasteiger partial charge in [0.25, 0.3) is 0 Å².